The van der Waals surface area contributed by atoms with Gasteiger partial charge in [-0.1, -0.05) is 30.3 Å². The molecule has 1 rings (SSSR count). The van der Waals surface area contributed by atoms with Crippen LogP contribution in [0.1, 0.15) is 12.0 Å². The Morgan fingerprint density at radius 2 is 1.91 bits per heavy atom. The highest BCUT2D eigenvalue weighted by molar-refractivity contribution is 5.84. The number of carbonyl (C=O) groups is 3. The number of carbonyl (C=O) groups excluding carboxylic acids is 3. The number of nitrogens with one attached hydrogen (secondary N) is 2. The fourth-order valence-corrected chi connectivity index (χ4v) is 1.64. The lowest BCUT2D eigenvalue weighted by Gasteiger charge is -2.13. The maximum Gasteiger partial charge on any atom is 0.407 e. The standard InChI is InChI=1S/C15H20N2O6/c1-22-14(20)12(9-18)17-13(19)7-8-16-15(21)23-10-11-5-3-2-4-6-11/h2-6,12,18H,7-10H2,1H3,(H,16,21)(H,17,19). The summed E-state index contributed by atoms with van der Waals surface area (Å²) in [6.45, 7) is -0.391. The molecule has 0 aliphatic carbocycles. The van der Waals surface area contributed by atoms with Crippen LogP contribution in [0.25, 0.3) is 0 Å². The lowest BCUT2D eigenvalue weighted by molar-refractivity contribution is -0.146. The van der Waals surface area contributed by atoms with Gasteiger partial charge in [0.25, 0.3) is 0 Å². The van der Waals surface area contributed by atoms with Gasteiger partial charge in [-0.05, 0) is 5.56 Å². The molecule has 0 heterocycles. The van der Waals surface area contributed by atoms with E-state index >= 15 is 0 Å². The van der Waals surface area contributed by atoms with Crippen molar-refractivity contribution < 1.29 is 29.0 Å². The zero-order valence-electron chi connectivity index (χ0n) is 12.8. The number of amides is 2. The van der Waals surface area contributed by atoms with Gasteiger partial charge >= 0.3 is 12.1 Å². The molecular formula is C15H20N2O6. The summed E-state index contributed by atoms with van der Waals surface area (Å²) in [5, 5.41) is 13.7. The molecule has 0 saturated heterocycles. The summed E-state index contributed by atoms with van der Waals surface area (Å²) < 4.78 is 9.39. The first-order valence-electron chi connectivity index (χ1n) is 6.99. The Kier molecular flexibility index (Phi) is 8.16. The molecule has 1 atom stereocenters. The van der Waals surface area contributed by atoms with Crippen molar-refractivity contribution in [3.63, 3.8) is 0 Å². The molecule has 126 valence electrons. The highest BCUT2D eigenvalue weighted by atomic mass is 16.5. The summed E-state index contributed by atoms with van der Waals surface area (Å²) in [5.74, 6) is -1.24. The van der Waals surface area contributed by atoms with Crippen molar-refractivity contribution in [2.75, 3.05) is 20.3 Å². The number of ether oxygens (including phenoxy) is 2. The maximum absolute atomic E-state index is 11.6. The Labute approximate surface area is 133 Å². The van der Waals surface area contributed by atoms with Crippen LogP contribution in [0.3, 0.4) is 0 Å². The van der Waals surface area contributed by atoms with Crippen molar-refractivity contribution in [2.45, 2.75) is 19.1 Å². The van der Waals surface area contributed by atoms with Crippen LogP contribution < -0.4 is 10.6 Å². The molecule has 3 N–H and O–H groups in total. The third kappa shape index (κ3) is 7.28. The number of aliphatic hydroxyl groups excluding tert-OH is 1. The molecule has 1 unspecified atom stereocenters. The predicted molar refractivity (Wildman–Crippen MR) is 80.3 cm³/mol. The Morgan fingerprint density at radius 1 is 1.22 bits per heavy atom. The van der Waals surface area contributed by atoms with E-state index in [1.807, 2.05) is 30.3 Å². The average Bonchev–Trinajstić information content (AvgIpc) is 2.58. The second-order valence-corrected chi connectivity index (χ2v) is 4.56. The van der Waals surface area contributed by atoms with Gasteiger partial charge in [0.15, 0.2) is 6.04 Å². The fraction of sp³-hybridized carbons (Fsp3) is 0.400. The van der Waals surface area contributed by atoms with Crippen LogP contribution >= 0.6 is 0 Å². The van der Waals surface area contributed by atoms with E-state index in [-0.39, 0.29) is 19.6 Å². The van der Waals surface area contributed by atoms with Crippen LogP contribution in [-0.2, 0) is 25.7 Å². The SMILES string of the molecule is COC(=O)C(CO)NC(=O)CCNC(=O)OCc1ccccc1. The van der Waals surface area contributed by atoms with E-state index in [0.29, 0.717) is 0 Å². The fourth-order valence-electron chi connectivity index (χ4n) is 1.64. The molecule has 0 spiro atoms. The zero-order valence-corrected chi connectivity index (χ0v) is 12.8. The van der Waals surface area contributed by atoms with Gasteiger partial charge in [-0.2, -0.15) is 0 Å². The second kappa shape index (κ2) is 10.2. The van der Waals surface area contributed by atoms with Crippen LogP contribution in [0.2, 0.25) is 0 Å². The molecule has 1 aromatic rings. The number of rotatable bonds is 8. The van der Waals surface area contributed by atoms with Crippen LogP contribution in [0.5, 0.6) is 0 Å². The first kappa shape index (κ1) is 18.4. The van der Waals surface area contributed by atoms with E-state index in [4.69, 9.17) is 9.84 Å². The molecule has 0 fully saturated rings. The van der Waals surface area contributed by atoms with Crippen molar-refractivity contribution in [3.8, 4) is 0 Å². The van der Waals surface area contributed by atoms with Gasteiger partial charge in [-0.25, -0.2) is 9.59 Å². The van der Waals surface area contributed by atoms with Gasteiger partial charge in [-0.3, -0.25) is 4.79 Å². The maximum atomic E-state index is 11.6. The second-order valence-electron chi connectivity index (χ2n) is 4.56. The third-order valence-electron chi connectivity index (χ3n) is 2.84. The summed E-state index contributed by atoms with van der Waals surface area (Å²) in [4.78, 5) is 34.2. The molecular weight excluding hydrogens is 304 g/mol. The summed E-state index contributed by atoms with van der Waals surface area (Å²) in [6, 6.07) is 8.05. The first-order valence-corrected chi connectivity index (χ1v) is 6.99. The summed E-state index contributed by atoms with van der Waals surface area (Å²) in [5.41, 5.74) is 0.851. The Balaban J connectivity index is 2.21. The van der Waals surface area contributed by atoms with Crippen molar-refractivity contribution in [3.05, 3.63) is 35.9 Å². The average molecular weight is 324 g/mol. The Hall–Kier alpha value is -2.61. The number of esters is 1. The van der Waals surface area contributed by atoms with E-state index in [9.17, 15) is 14.4 Å². The number of benzene rings is 1. The molecule has 23 heavy (non-hydrogen) atoms. The van der Waals surface area contributed by atoms with Crippen molar-refractivity contribution >= 4 is 18.0 Å². The smallest absolute Gasteiger partial charge is 0.407 e. The van der Waals surface area contributed by atoms with Crippen molar-refractivity contribution in [1.29, 1.82) is 0 Å². The minimum Gasteiger partial charge on any atom is -0.467 e. The van der Waals surface area contributed by atoms with Crippen LogP contribution in [0.4, 0.5) is 4.79 Å². The topological polar surface area (TPSA) is 114 Å². The number of hydrogen-bond acceptors (Lipinski definition) is 6. The van der Waals surface area contributed by atoms with Gasteiger partial charge in [0.1, 0.15) is 6.61 Å². The molecule has 8 heteroatoms. The lowest BCUT2D eigenvalue weighted by Crippen LogP contribution is -2.44. The molecule has 0 radical (unpaired) electrons. The minimum atomic E-state index is -1.11. The molecule has 2 amide bonds. The van der Waals surface area contributed by atoms with E-state index in [2.05, 4.69) is 15.4 Å². The summed E-state index contributed by atoms with van der Waals surface area (Å²) >= 11 is 0. The molecule has 0 aromatic heterocycles. The zero-order chi connectivity index (χ0) is 17.1. The van der Waals surface area contributed by atoms with Gasteiger partial charge in [-0.15, -0.1) is 0 Å². The molecule has 0 saturated carbocycles. The summed E-state index contributed by atoms with van der Waals surface area (Å²) in [6.07, 6.45) is -0.707. The number of aliphatic hydroxyl groups is 1. The van der Waals surface area contributed by atoms with Crippen LogP contribution in [-0.4, -0.2) is 49.4 Å². The third-order valence-corrected chi connectivity index (χ3v) is 2.84. The molecule has 0 aliphatic rings. The number of hydrogen-bond donors (Lipinski definition) is 3. The molecule has 1 aromatic carbocycles. The molecule has 0 aliphatic heterocycles. The van der Waals surface area contributed by atoms with E-state index < -0.39 is 30.6 Å². The van der Waals surface area contributed by atoms with Gasteiger partial charge in [0.05, 0.1) is 13.7 Å². The predicted octanol–water partition coefficient (Wildman–Crippen LogP) is -0.0470. The highest BCUT2D eigenvalue weighted by Crippen LogP contribution is 2.00. The number of alkyl carbamates (subject to hydrolysis) is 1. The quantitative estimate of drug-likeness (QED) is 0.578. The van der Waals surface area contributed by atoms with E-state index in [0.717, 1.165) is 12.7 Å². The van der Waals surface area contributed by atoms with Crippen molar-refractivity contribution in [1.82, 2.24) is 10.6 Å². The molecule has 8 nitrogen and oxygen atoms in total. The summed E-state index contributed by atoms with van der Waals surface area (Å²) in [7, 11) is 1.15. The number of methoxy groups -OCH3 is 1. The lowest BCUT2D eigenvalue weighted by atomic mass is 10.2. The molecule has 0 bridgehead atoms. The largest absolute Gasteiger partial charge is 0.467 e. The minimum absolute atomic E-state index is 0.0405. The van der Waals surface area contributed by atoms with Crippen molar-refractivity contribution in [2.24, 2.45) is 0 Å². The van der Waals surface area contributed by atoms with Gasteiger partial charge in [0, 0.05) is 13.0 Å². The normalized spacial score (nSPS) is 11.2. The highest BCUT2D eigenvalue weighted by Gasteiger charge is 2.20. The Bertz CT molecular complexity index is 520. The van der Waals surface area contributed by atoms with Crippen LogP contribution in [0, 0.1) is 0 Å². The van der Waals surface area contributed by atoms with Gasteiger partial charge < -0.3 is 25.2 Å². The van der Waals surface area contributed by atoms with E-state index in [1.165, 1.54) is 0 Å². The van der Waals surface area contributed by atoms with E-state index in [1.54, 1.807) is 0 Å². The van der Waals surface area contributed by atoms with Gasteiger partial charge in [0.2, 0.25) is 5.91 Å². The monoisotopic (exact) mass is 324 g/mol. The van der Waals surface area contributed by atoms with Crippen LogP contribution in [0.15, 0.2) is 30.3 Å². The first-order chi connectivity index (χ1) is 11.1. The Morgan fingerprint density at radius 3 is 2.52 bits per heavy atom.